The van der Waals surface area contributed by atoms with Crippen LogP contribution in [0.4, 0.5) is 0 Å². The fourth-order valence-corrected chi connectivity index (χ4v) is 3.26. The van der Waals surface area contributed by atoms with E-state index >= 15 is 0 Å². The van der Waals surface area contributed by atoms with Gasteiger partial charge in [-0.25, -0.2) is 9.59 Å². The number of carbonyl (C=O) groups is 2. The van der Waals surface area contributed by atoms with Crippen molar-refractivity contribution in [2.75, 3.05) is 20.8 Å². The molecule has 0 N–H and O–H groups in total. The van der Waals surface area contributed by atoms with E-state index in [2.05, 4.69) is 0 Å². The van der Waals surface area contributed by atoms with Crippen molar-refractivity contribution in [3.63, 3.8) is 0 Å². The summed E-state index contributed by atoms with van der Waals surface area (Å²) >= 11 is 0. The molecule has 7 heteroatoms. The fourth-order valence-electron chi connectivity index (χ4n) is 3.26. The minimum Gasteiger partial charge on any atom is -0.459 e. The Labute approximate surface area is 169 Å². The van der Waals surface area contributed by atoms with E-state index in [1.165, 1.54) is 14.2 Å². The van der Waals surface area contributed by atoms with Crippen molar-refractivity contribution < 1.29 is 33.3 Å². The Bertz CT molecular complexity index is 824. The van der Waals surface area contributed by atoms with Gasteiger partial charge in [0.15, 0.2) is 18.0 Å². The van der Waals surface area contributed by atoms with Crippen LogP contribution in [0.15, 0.2) is 60.7 Å². The van der Waals surface area contributed by atoms with Gasteiger partial charge in [-0.15, -0.1) is 0 Å². The average Bonchev–Trinajstić information content (AvgIpc) is 3.04. The summed E-state index contributed by atoms with van der Waals surface area (Å²) < 4.78 is 28.0. The highest BCUT2D eigenvalue weighted by molar-refractivity contribution is 5.90. The van der Waals surface area contributed by atoms with Gasteiger partial charge in [-0.2, -0.15) is 0 Å². The highest BCUT2D eigenvalue weighted by Crippen LogP contribution is 2.37. The van der Waals surface area contributed by atoms with Crippen LogP contribution in [0.1, 0.15) is 27.6 Å². The molecule has 0 aromatic heterocycles. The van der Waals surface area contributed by atoms with Crippen LogP contribution in [0.5, 0.6) is 0 Å². The van der Waals surface area contributed by atoms with Crippen molar-refractivity contribution in [3.8, 4) is 0 Å². The third-order valence-electron chi connectivity index (χ3n) is 4.95. The fraction of sp³-hybridized carbons (Fsp3) is 0.364. The number of carbonyl (C=O) groups excluding carboxylic acids is 2. The summed E-state index contributed by atoms with van der Waals surface area (Å²) in [6.45, 7) is 1.60. The predicted molar refractivity (Wildman–Crippen MR) is 103 cm³/mol. The minimum absolute atomic E-state index is 0.126. The molecule has 2 aromatic carbocycles. The molecule has 1 heterocycles. The third-order valence-corrected chi connectivity index (χ3v) is 4.95. The zero-order valence-electron chi connectivity index (χ0n) is 16.6. The first-order valence-electron chi connectivity index (χ1n) is 9.21. The number of ether oxygens (including phenoxy) is 5. The molecule has 29 heavy (non-hydrogen) atoms. The van der Waals surface area contributed by atoms with Crippen LogP contribution < -0.4 is 0 Å². The molecule has 1 fully saturated rings. The van der Waals surface area contributed by atoms with Crippen molar-refractivity contribution in [2.24, 2.45) is 0 Å². The van der Waals surface area contributed by atoms with Crippen molar-refractivity contribution >= 4 is 11.9 Å². The number of rotatable bonds is 7. The van der Waals surface area contributed by atoms with Gasteiger partial charge >= 0.3 is 11.9 Å². The highest BCUT2D eigenvalue weighted by Gasteiger charge is 2.57. The van der Waals surface area contributed by atoms with Crippen molar-refractivity contribution in [1.29, 1.82) is 0 Å². The lowest BCUT2D eigenvalue weighted by Gasteiger charge is -2.32. The van der Waals surface area contributed by atoms with Crippen LogP contribution >= 0.6 is 0 Å². The van der Waals surface area contributed by atoms with E-state index in [1.54, 1.807) is 55.5 Å². The predicted octanol–water partition coefficient (Wildman–Crippen LogP) is 2.85. The smallest absolute Gasteiger partial charge is 0.338 e. The van der Waals surface area contributed by atoms with Crippen LogP contribution in [0.3, 0.4) is 0 Å². The Morgan fingerprint density at radius 2 is 1.48 bits per heavy atom. The van der Waals surface area contributed by atoms with Gasteiger partial charge in [-0.3, -0.25) is 0 Å². The van der Waals surface area contributed by atoms with Gasteiger partial charge in [-0.1, -0.05) is 36.4 Å². The lowest BCUT2D eigenvalue weighted by atomic mass is 9.97. The summed E-state index contributed by atoms with van der Waals surface area (Å²) in [5.74, 6) is -1.03. The van der Waals surface area contributed by atoms with E-state index in [0.717, 1.165) is 0 Å². The first-order valence-corrected chi connectivity index (χ1v) is 9.21. The van der Waals surface area contributed by atoms with Crippen LogP contribution in [0, 0.1) is 0 Å². The molecule has 3 rings (SSSR count). The molecule has 1 aliphatic heterocycles. The van der Waals surface area contributed by atoms with Gasteiger partial charge in [0.25, 0.3) is 0 Å². The summed E-state index contributed by atoms with van der Waals surface area (Å²) in [5.41, 5.74) is -0.267. The summed E-state index contributed by atoms with van der Waals surface area (Å²) in [4.78, 5) is 24.9. The Balaban J connectivity index is 1.76. The molecule has 1 saturated heterocycles. The van der Waals surface area contributed by atoms with Crippen molar-refractivity contribution in [1.82, 2.24) is 0 Å². The molecule has 0 saturated carbocycles. The third kappa shape index (κ3) is 4.48. The molecule has 0 spiro atoms. The minimum atomic E-state index is -1.08. The topological polar surface area (TPSA) is 80.3 Å². The Kier molecular flexibility index (Phi) is 6.64. The Morgan fingerprint density at radius 1 is 0.931 bits per heavy atom. The normalized spacial score (nSPS) is 26.1. The van der Waals surface area contributed by atoms with Crippen molar-refractivity contribution in [2.45, 2.75) is 31.0 Å². The molecule has 1 aliphatic rings. The highest BCUT2D eigenvalue weighted by atomic mass is 16.7. The zero-order valence-corrected chi connectivity index (χ0v) is 16.6. The van der Waals surface area contributed by atoms with Crippen LogP contribution in [-0.4, -0.2) is 56.9 Å². The lowest BCUT2D eigenvalue weighted by Crippen LogP contribution is -2.50. The Hall–Kier alpha value is -2.74. The molecular weight excluding hydrogens is 376 g/mol. The second-order valence-corrected chi connectivity index (χ2v) is 6.79. The van der Waals surface area contributed by atoms with E-state index in [0.29, 0.717) is 11.1 Å². The standard InChI is InChI=1S/C22H24O7/c1-22(26-3)18(29-20(24)16-12-8-5-9-13-16)17(28-21(22)25-2)14-27-19(23)15-10-6-4-7-11-15/h4-13,17-18,21H,14H2,1-3H3/t17-,18-,21+,22-/m1/s1. The number of benzene rings is 2. The monoisotopic (exact) mass is 400 g/mol. The largest absolute Gasteiger partial charge is 0.459 e. The number of esters is 2. The number of methoxy groups -OCH3 is 2. The molecule has 0 aliphatic carbocycles. The van der Waals surface area contributed by atoms with E-state index in [9.17, 15) is 9.59 Å². The quantitative estimate of drug-likeness (QED) is 0.661. The van der Waals surface area contributed by atoms with E-state index in [-0.39, 0.29) is 6.61 Å². The number of hydrogen-bond acceptors (Lipinski definition) is 7. The number of hydrogen-bond donors (Lipinski definition) is 0. The van der Waals surface area contributed by atoms with E-state index in [1.807, 2.05) is 12.1 Å². The molecule has 0 bridgehead atoms. The second-order valence-electron chi connectivity index (χ2n) is 6.79. The van der Waals surface area contributed by atoms with Gasteiger partial charge in [0.1, 0.15) is 12.7 Å². The molecule has 154 valence electrons. The maximum atomic E-state index is 12.6. The van der Waals surface area contributed by atoms with E-state index in [4.69, 9.17) is 23.7 Å². The zero-order chi connectivity index (χ0) is 20.9. The first kappa shape index (κ1) is 21.0. The SMILES string of the molecule is CO[C@H]1O[C@H](COC(=O)c2ccccc2)[C@@H](OC(=O)c2ccccc2)[C@@]1(C)OC. The summed E-state index contributed by atoms with van der Waals surface area (Å²) in [6.07, 6.45) is -2.42. The molecule has 0 unspecified atom stereocenters. The Morgan fingerprint density at radius 3 is 2.00 bits per heavy atom. The molecular formula is C22H24O7. The summed E-state index contributed by atoms with van der Waals surface area (Å²) in [6, 6.07) is 17.2. The van der Waals surface area contributed by atoms with Gasteiger partial charge < -0.3 is 23.7 Å². The molecule has 0 radical (unpaired) electrons. The van der Waals surface area contributed by atoms with Gasteiger partial charge in [0, 0.05) is 14.2 Å². The van der Waals surface area contributed by atoms with Crippen LogP contribution in [-0.2, 0) is 23.7 Å². The average molecular weight is 400 g/mol. The maximum Gasteiger partial charge on any atom is 0.338 e. The van der Waals surface area contributed by atoms with E-state index < -0.39 is 36.0 Å². The molecule has 4 atom stereocenters. The van der Waals surface area contributed by atoms with Gasteiger partial charge in [0.05, 0.1) is 11.1 Å². The molecule has 2 aromatic rings. The van der Waals surface area contributed by atoms with Gasteiger partial charge in [0.2, 0.25) is 0 Å². The van der Waals surface area contributed by atoms with Crippen LogP contribution in [0.2, 0.25) is 0 Å². The summed E-state index contributed by atoms with van der Waals surface area (Å²) in [5, 5.41) is 0. The van der Waals surface area contributed by atoms with Crippen molar-refractivity contribution in [3.05, 3.63) is 71.8 Å². The first-order chi connectivity index (χ1) is 14.0. The van der Waals surface area contributed by atoms with Crippen LogP contribution in [0.25, 0.3) is 0 Å². The molecule has 0 amide bonds. The maximum absolute atomic E-state index is 12.6. The second kappa shape index (κ2) is 9.17. The summed E-state index contributed by atoms with van der Waals surface area (Å²) in [7, 11) is 2.95. The van der Waals surface area contributed by atoms with Gasteiger partial charge in [-0.05, 0) is 31.2 Å². The lowest BCUT2D eigenvalue weighted by molar-refractivity contribution is -0.197. The molecule has 7 nitrogen and oxygen atoms in total.